The van der Waals surface area contributed by atoms with Gasteiger partial charge in [-0.15, -0.1) is 11.3 Å². The first kappa shape index (κ1) is 15.6. The third kappa shape index (κ3) is 3.79. The van der Waals surface area contributed by atoms with Crippen LogP contribution in [0.2, 0.25) is 0 Å². The second kappa shape index (κ2) is 7.89. The van der Waals surface area contributed by atoms with E-state index in [4.69, 9.17) is 10.5 Å². The van der Waals surface area contributed by atoms with Gasteiger partial charge < -0.3 is 10.5 Å². The van der Waals surface area contributed by atoms with Gasteiger partial charge in [0.25, 0.3) is 0 Å². The molecule has 1 aromatic heterocycles. The highest BCUT2D eigenvalue weighted by Crippen LogP contribution is 2.30. The van der Waals surface area contributed by atoms with E-state index in [1.165, 1.54) is 4.88 Å². The molecule has 0 aromatic carbocycles. The second-order valence-electron chi connectivity index (χ2n) is 4.67. The zero-order valence-electron chi connectivity index (χ0n) is 11.9. The topological polar surface area (TPSA) is 38.5 Å². The van der Waals surface area contributed by atoms with Crippen LogP contribution in [-0.4, -0.2) is 37.2 Å². The smallest absolute Gasteiger partial charge is 0.0615 e. The van der Waals surface area contributed by atoms with Crippen molar-refractivity contribution in [3.63, 3.8) is 0 Å². The Morgan fingerprint density at radius 2 is 2.17 bits per heavy atom. The van der Waals surface area contributed by atoms with E-state index in [2.05, 4.69) is 43.2 Å². The SMILES string of the molecule is CCC(N)C(c1cccs1)N(CC)C(C)COC. The summed E-state index contributed by atoms with van der Waals surface area (Å²) in [4.78, 5) is 3.80. The van der Waals surface area contributed by atoms with Gasteiger partial charge in [0.1, 0.15) is 0 Å². The molecular formula is C14H26N2OS. The lowest BCUT2D eigenvalue weighted by Crippen LogP contribution is -2.46. The number of hydrogen-bond acceptors (Lipinski definition) is 4. The summed E-state index contributed by atoms with van der Waals surface area (Å²) in [6.07, 6.45) is 0.985. The molecule has 1 heterocycles. The minimum atomic E-state index is 0.169. The van der Waals surface area contributed by atoms with E-state index in [9.17, 15) is 0 Å². The fourth-order valence-electron chi connectivity index (χ4n) is 2.42. The molecule has 3 unspecified atom stereocenters. The Bertz CT molecular complexity index is 316. The molecular weight excluding hydrogens is 244 g/mol. The van der Waals surface area contributed by atoms with Crippen molar-refractivity contribution in [3.05, 3.63) is 22.4 Å². The van der Waals surface area contributed by atoms with Crippen molar-refractivity contribution >= 4 is 11.3 Å². The predicted octanol–water partition coefficient (Wildman–Crippen LogP) is 2.88. The number of ether oxygens (including phenoxy) is 1. The first-order valence-electron chi connectivity index (χ1n) is 6.69. The molecule has 0 aliphatic rings. The molecule has 0 aliphatic carbocycles. The Kier molecular flexibility index (Phi) is 6.86. The van der Waals surface area contributed by atoms with Crippen molar-refractivity contribution in [3.8, 4) is 0 Å². The number of hydrogen-bond donors (Lipinski definition) is 1. The average Bonchev–Trinajstić information content (AvgIpc) is 2.88. The molecule has 0 aliphatic heterocycles. The van der Waals surface area contributed by atoms with Crippen LogP contribution in [0, 0.1) is 0 Å². The zero-order valence-corrected chi connectivity index (χ0v) is 12.7. The van der Waals surface area contributed by atoms with Crippen molar-refractivity contribution < 1.29 is 4.74 Å². The summed E-state index contributed by atoms with van der Waals surface area (Å²) in [7, 11) is 1.75. The quantitative estimate of drug-likeness (QED) is 0.789. The summed E-state index contributed by atoms with van der Waals surface area (Å²) in [6.45, 7) is 8.28. The Hall–Kier alpha value is -0.420. The Balaban J connectivity index is 2.93. The number of thiophene rings is 1. The molecule has 0 saturated carbocycles. The van der Waals surface area contributed by atoms with Gasteiger partial charge in [0, 0.05) is 24.1 Å². The number of nitrogens with two attached hydrogens (primary N) is 1. The van der Waals surface area contributed by atoms with Crippen molar-refractivity contribution in [2.75, 3.05) is 20.3 Å². The standard InChI is InChI=1S/C14H26N2OS/c1-5-12(15)14(13-8-7-9-18-13)16(6-2)11(3)10-17-4/h7-9,11-12,14H,5-6,10,15H2,1-4H3. The van der Waals surface area contributed by atoms with E-state index in [1.807, 2.05) is 0 Å². The molecule has 18 heavy (non-hydrogen) atoms. The lowest BCUT2D eigenvalue weighted by atomic mass is 10.0. The summed E-state index contributed by atoms with van der Waals surface area (Å²) in [6, 6.07) is 5.13. The first-order chi connectivity index (χ1) is 8.65. The Morgan fingerprint density at radius 1 is 1.44 bits per heavy atom. The van der Waals surface area contributed by atoms with Crippen LogP contribution in [0.3, 0.4) is 0 Å². The van der Waals surface area contributed by atoms with E-state index < -0.39 is 0 Å². The third-order valence-electron chi connectivity index (χ3n) is 3.41. The molecule has 1 aromatic rings. The normalized spacial score (nSPS) is 16.8. The molecule has 104 valence electrons. The first-order valence-corrected chi connectivity index (χ1v) is 7.57. The van der Waals surface area contributed by atoms with E-state index in [0.717, 1.165) is 19.6 Å². The molecule has 3 nitrogen and oxygen atoms in total. The number of likely N-dealkylation sites (N-methyl/N-ethyl adjacent to an activating group) is 1. The van der Waals surface area contributed by atoms with Gasteiger partial charge in [-0.3, -0.25) is 4.90 Å². The average molecular weight is 270 g/mol. The van der Waals surface area contributed by atoms with Crippen molar-refractivity contribution in [2.45, 2.75) is 45.3 Å². The summed E-state index contributed by atoms with van der Waals surface area (Å²) < 4.78 is 5.29. The van der Waals surface area contributed by atoms with Crippen LogP contribution in [0.4, 0.5) is 0 Å². The lowest BCUT2D eigenvalue weighted by Gasteiger charge is -2.38. The van der Waals surface area contributed by atoms with Crippen LogP contribution >= 0.6 is 11.3 Å². The molecule has 0 saturated heterocycles. The summed E-state index contributed by atoms with van der Waals surface area (Å²) >= 11 is 1.79. The van der Waals surface area contributed by atoms with Gasteiger partial charge in [0.15, 0.2) is 0 Å². The second-order valence-corrected chi connectivity index (χ2v) is 5.65. The van der Waals surface area contributed by atoms with Gasteiger partial charge in [-0.2, -0.15) is 0 Å². The number of rotatable bonds is 8. The van der Waals surface area contributed by atoms with Crippen molar-refractivity contribution in [1.29, 1.82) is 0 Å². The molecule has 3 atom stereocenters. The summed E-state index contributed by atoms with van der Waals surface area (Å²) in [5, 5.41) is 2.12. The molecule has 0 spiro atoms. The molecule has 4 heteroatoms. The number of nitrogens with zero attached hydrogens (tertiary/aromatic N) is 1. The van der Waals surface area contributed by atoms with E-state index >= 15 is 0 Å². The monoisotopic (exact) mass is 270 g/mol. The maximum absolute atomic E-state index is 6.34. The highest BCUT2D eigenvalue weighted by molar-refractivity contribution is 7.10. The maximum atomic E-state index is 6.34. The van der Waals surface area contributed by atoms with Crippen molar-refractivity contribution in [1.82, 2.24) is 4.90 Å². The molecule has 0 fully saturated rings. The van der Waals surface area contributed by atoms with Gasteiger partial charge in [-0.1, -0.05) is 19.9 Å². The van der Waals surface area contributed by atoms with Crippen molar-refractivity contribution in [2.24, 2.45) is 5.73 Å². The highest BCUT2D eigenvalue weighted by Gasteiger charge is 2.28. The van der Waals surface area contributed by atoms with E-state index in [-0.39, 0.29) is 6.04 Å². The summed E-state index contributed by atoms with van der Waals surface area (Å²) in [5.41, 5.74) is 6.34. The Morgan fingerprint density at radius 3 is 2.61 bits per heavy atom. The molecule has 0 radical (unpaired) electrons. The van der Waals surface area contributed by atoms with Gasteiger partial charge in [0.05, 0.1) is 12.6 Å². The maximum Gasteiger partial charge on any atom is 0.0615 e. The van der Waals surface area contributed by atoms with Crippen LogP contribution < -0.4 is 5.73 Å². The molecule has 1 rings (SSSR count). The third-order valence-corrected chi connectivity index (χ3v) is 4.35. The van der Waals surface area contributed by atoms with Crippen LogP contribution in [-0.2, 0) is 4.74 Å². The van der Waals surface area contributed by atoms with Gasteiger partial charge in [-0.25, -0.2) is 0 Å². The highest BCUT2D eigenvalue weighted by atomic mass is 32.1. The summed E-state index contributed by atoms with van der Waals surface area (Å²) in [5.74, 6) is 0. The molecule has 0 amide bonds. The van der Waals surface area contributed by atoms with E-state index in [0.29, 0.717) is 12.1 Å². The fourth-order valence-corrected chi connectivity index (χ4v) is 3.34. The zero-order chi connectivity index (χ0) is 13.5. The minimum Gasteiger partial charge on any atom is -0.383 e. The molecule has 2 N–H and O–H groups in total. The van der Waals surface area contributed by atoms with Crippen LogP contribution in [0.25, 0.3) is 0 Å². The van der Waals surface area contributed by atoms with Crippen LogP contribution in [0.1, 0.15) is 38.1 Å². The van der Waals surface area contributed by atoms with E-state index in [1.54, 1.807) is 18.4 Å². The van der Waals surface area contributed by atoms with Crippen LogP contribution in [0.15, 0.2) is 17.5 Å². The molecule has 0 bridgehead atoms. The Labute approximate surface area is 115 Å². The number of methoxy groups -OCH3 is 1. The minimum absolute atomic E-state index is 0.169. The van der Waals surface area contributed by atoms with Gasteiger partial charge in [-0.05, 0) is 31.3 Å². The fraction of sp³-hybridized carbons (Fsp3) is 0.714. The van der Waals surface area contributed by atoms with Gasteiger partial charge in [0.2, 0.25) is 0 Å². The lowest BCUT2D eigenvalue weighted by molar-refractivity contribution is 0.0641. The largest absolute Gasteiger partial charge is 0.383 e. The van der Waals surface area contributed by atoms with Crippen LogP contribution in [0.5, 0.6) is 0 Å². The predicted molar refractivity (Wildman–Crippen MR) is 79.0 cm³/mol. The van der Waals surface area contributed by atoms with Gasteiger partial charge >= 0.3 is 0 Å².